The Morgan fingerprint density at radius 2 is 0.844 bits per heavy atom. The highest BCUT2D eigenvalue weighted by atomic mass is 15.1. The molecule has 0 N–H and O–H groups in total. The highest BCUT2D eigenvalue weighted by Gasteiger charge is 2.11. The predicted molar refractivity (Wildman–Crippen MR) is 140 cm³/mol. The Morgan fingerprint density at radius 1 is 0.469 bits per heavy atom. The van der Waals surface area contributed by atoms with Crippen molar-refractivity contribution in [1.29, 1.82) is 0 Å². The van der Waals surface area contributed by atoms with Gasteiger partial charge in [0.2, 0.25) is 0 Å². The lowest BCUT2D eigenvalue weighted by Gasteiger charge is -2.25. The summed E-state index contributed by atoms with van der Waals surface area (Å²) >= 11 is 0. The molecule has 160 valence electrons. The van der Waals surface area contributed by atoms with Crippen LogP contribution in [0.1, 0.15) is 25.0 Å². The fraction of sp³-hybridized carbons (Fsp3) is 0.133. The first kappa shape index (κ1) is 21.5. The summed E-state index contributed by atoms with van der Waals surface area (Å²) in [5.41, 5.74) is 7.11. The van der Waals surface area contributed by atoms with Crippen molar-refractivity contribution in [3.05, 3.63) is 120 Å². The number of rotatable bonds is 8. The topological polar surface area (TPSA) is 6.48 Å². The third-order valence-electron chi connectivity index (χ3n) is 5.67. The third-order valence-corrected chi connectivity index (χ3v) is 5.67. The van der Waals surface area contributed by atoms with E-state index in [2.05, 4.69) is 145 Å². The number of nitrogens with zero attached hydrogens (tertiary/aromatic N) is 2. The molecule has 0 saturated carbocycles. The lowest BCUT2D eigenvalue weighted by Crippen LogP contribution is -2.21. The molecule has 2 nitrogen and oxygen atoms in total. The summed E-state index contributed by atoms with van der Waals surface area (Å²) in [4.78, 5) is 4.64. The van der Waals surface area contributed by atoms with Gasteiger partial charge >= 0.3 is 0 Å². The van der Waals surface area contributed by atoms with Crippen molar-refractivity contribution in [3.63, 3.8) is 0 Å². The summed E-state index contributed by atoms with van der Waals surface area (Å²) in [5, 5.41) is 0. The van der Waals surface area contributed by atoms with Gasteiger partial charge in [0.05, 0.1) is 0 Å². The zero-order chi connectivity index (χ0) is 22.2. The van der Waals surface area contributed by atoms with Crippen molar-refractivity contribution in [2.45, 2.75) is 13.8 Å². The number of hydrogen-bond acceptors (Lipinski definition) is 2. The number of hydrogen-bond donors (Lipinski definition) is 0. The summed E-state index contributed by atoms with van der Waals surface area (Å²) in [5.74, 6) is 0. The summed E-state index contributed by atoms with van der Waals surface area (Å²) in [6.45, 7) is 6.44. The Morgan fingerprint density at radius 3 is 1.25 bits per heavy atom. The first-order chi connectivity index (χ1) is 15.8. The maximum absolute atomic E-state index is 2.36. The molecule has 0 atom stereocenters. The molecule has 4 rings (SSSR count). The van der Waals surface area contributed by atoms with Crippen LogP contribution in [0.3, 0.4) is 0 Å². The van der Waals surface area contributed by atoms with Crippen molar-refractivity contribution in [1.82, 2.24) is 0 Å². The molecule has 0 aromatic heterocycles. The molecule has 0 spiro atoms. The highest BCUT2D eigenvalue weighted by molar-refractivity contribution is 5.78. The third kappa shape index (κ3) is 5.09. The van der Waals surface area contributed by atoms with Crippen LogP contribution in [0.15, 0.2) is 109 Å². The van der Waals surface area contributed by atoms with Crippen LogP contribution in [-0.2, 0) is 0 Å². The van der Waals surface area contributed by atoms with Gasteiger partial charge in [0.15, 0.2) is 0 Å². The molecule has 0 fully saturated rings. The second kappa shape index (κ2) is 10.5. The monoisotopic (exact) mass is 418 g/mol. The molecule has 0 bridgehead atoms. The first-order valence-electron chi connectivity index (χ1n) is 11.3. The minimum Gasteiger partial charge on any atom is -0.372 e. The quantitative estimate of drug-likeness (QED) is 0.266. The van der Waals surface area contributed by atoms with E-state index in [0.29, 0.717) is 0 Å². The average Bonchev–Trinajstić information content (AvgIpc) is 2.87. The molecule has 0 aliphatic rings. The smallest absolute Gasteiger partial charge is 0.0462 e. The van der Waals surface area contributed by atoms with Crippen LogP contribution >= 0.6 is 0 Å². The largest absolute Gasteiger partial charge is 0.372 e. The summed E-state index contributed by atoms with van der Waals surface area (Å²) < 4.78 is 0. The zero-order valence-corrected chi connectivity index (χ0v) is 18.9. The number of benzene rings is 4. The molecule has 0 radical (unpaired) electrons. The van der Waals surface area contributed by atoms with Crippen LogP contribution in [0.4, 0.5) is 22.7 Å². The van der Waals surface area contributed by atoms with E-state index < -0.39 is 0 Å². The number of anilines is 4. The Bertz CT molecular complexity index is 1070. The van der Waals surface area contributed by atoms with Gasteiger partial charge in [-0.2, -0.15) is 0 Å². The molecule has 0 heterocycles. The van der Waals surface area contributed by atoms with Crippen molar-refractivity contribution in [3.8, 4) is 0 Å². The van der Waals surface area contributed by atoms with E-state index in [9.17, 15) is 0 Å². The van der Waals surface area contributed by atoms with E-state index in [1.54, 1.807) is 0 Å². The van der Waals surface area contributed by atoms with Crippen LogP contribution in [0.25, 0.3) is 12.2 Å². The van der Waals surface area contributed by atoms with E-state index in [-0.39, 0.29) is 0 Å². The average molecular weight is 419 g/mol. The second-order valence-electron chi connectivity index (χ2n) is 7.70. The first-order valence-corrected chi connectivity index (χ1v) is 11.3. The van der Waals surface area contributed by atoms with Gasteiger partial charge < -0.3 is 9.80 Å². The Labute approximate surface area is 192 Å². The van der Waals surface area contributed by atoms with Crippen LogP contribution in [-0.4, -0.2) is 13.1 Å². The van der Waals surface area contributed by atoms with E-state index >= 15 is 0 Å². The molecule has 0 saturated heterocycles. The SMILES string of the molecule is CCN(CC)c1ccc(C=Cc2ccc(N(c3ccccc3)c3ccccc3)cc2)cc1. The van der Waals surface area contributed by atoms with E-state index in [1.807, 2.05) is 0 Å². The minimum absolute atomic E-state index is 1.03. The van der Waals surface area contributed by atoms with Gasteiger partial charge in [-0.1, -0.05) is 72.8 Å². The molecule has 32 heavy (non-hydrogen) atoms. The Kier molecular flexibility index (Phi) is 7.04. The minimum atomic E-state index is 1.03. The van der Waals surface area contributed by atoms with Crippen LogP contribution in [0, 0.1) is 0 Å². The molecular weight excluding hydrogens is 388 g/mol. The van der Waals surface area contributed by atoms with Gasteiger partial charge in [-0.15, -0.1) is 0 Å². The lowest BCUT2D eigenvalue weighted by molar-refractivity contribution is 0.866. The molecule has 0 unspecified atom stereocenters. The molecule has 4 aromatic carbocycles. The van der Waals surface area contributed by atoms with Gasteiger partial charge in [-0.3, -0.25) is 0 Å². The predicted octanol–water partition coefficient (Wildman–Crippen LogP) is 8.17. The van der Waals surface area contributed by atoms with Gasteiger partial charge in [0.25, 0.3) is 0 Å². The molecule has 0 amide bonds. The van der Waals surface area contributed by atoms with Crippen molar-refractivity contribution in [2.75, 3.05) is 22.9 Å². The van der Waals surface area contributed by atoms with Gasteiger partial charge in [-0.25, -0.2) is 0 Å². The van der Waals surface area contributed by atoms with Gasteiger partial charge in [0.1, 0.15) is 0 Å². The number of para-hydroxylation sites is 2. The fourth-order valence-corrected chi connectivity index (χ4v) is 3.91. The van der Waals surface area contributed by atoms with Crippen LogP contribution in [0.2, 0.25) is 0 Å². The van der Waals surface area contributed by atoms with E-state index in [4.69, 9.17) is 0 Å². The zero-order valence-electron chi connectivity index (χ0n) is 18.9. The van der Waals surface area contributed by atoms with Crippen molar-refractivity contribution >= 4 is 34.9 Å². The van der Waals surface area contributed by atoms with Gasteiger partial charge in [0, 0.05) is 35.8 Å². The van der Waals surface area contributed by atoms with Crippen molar-refractivity contribution in [2.24, 2.45) is 0 Å². The molecular formula is C30H30N2. The van der Waals surface area contributed by atoms with Crippen LogP contribution < -0.4 is 9.80 Å². The fourth-order valence-electron chi connectivity index (χ4n) is 3.91. The Balaban J connectivity index is 1.54. The van der Waals surface area contributed by atoms with Crippen LogP contribution in [0.5, 0.6) is 0 Å². The second-order valence-corrected chi connectivity index (χ2v) is 7.70. The van der Waals surface area contributed by atoms with E-state index in [0.717, 1.165) is 30.2 Å². The molecule has 2 heteroatoms. The lowest BCUT2D eigenvalue weighted by atomic mass is 10.1. The van der Waals surface area contributed by atoms with E-state index in [1.165, 1.54) is 16.8 Å². The Hall–Kier alpha value is -3.78. The maximum atomic E-state index is 2.36. The summed E-state index contributed by atoms with van der Waals surface area (Å²) in [6, 6.07) is 38.5. The maximum Gasteiger partial charge on any atom is 0.0462 e. The van der Waals surface area contributed by atoms with Gasteiger partial charge in [-0.05, 0) is 73.5 Å². The summed E-state index contributed by atoms with van der Waals surface area (Å²) in [6.07, 6.45) is 4.35. The summed E-state index contributed by atoms with van der Waals surface area (Å²) in [7, 11) is 0. The highest BCUT2D eigenvalue weighted by Crippen LogP contribution is 2.34. The molecule has 0 aliphatic heterocycles. The normalized spacial score (nSPS) is 10.9. The van der Waals surface area contributed by atoms with Crippen molar-refractivity contribution < 1.29 is 0 Å². The standard InChI is InChI=1S/C30H30N2/c1-3-31(4-2)27-21-17-25(18-22-27)15-16-26-19-23-30(24-20-26)32(28-11-7-5-8-12-28)29-13-9-6-10-14-29/h5-24H,3-4H2,1-2H3. The molecule has 0 aliphatic carbocycles. The molecule has 4 aromatic rings.